The van der Waals surface area contributed by atoms with Crippen LogP contribution in [0.3, 0.4) is 0 Å². The highest BCUT2D eigenvalue weighted by Gasteiger charge is 2.39. The topological polar surface area (TPSA) is 55.6 Å². The first kappa shape index (κ1) is 18.0. The molecule has 1 unspecified atom stereocenters. The lowest BCUT2D eigenvalue weighted by molar-refractivity contribution is -0.118. The molecule has 1 atom stereocenters. The molecule has 1 saturated heterocycles. The van der Waals surface area contributed by atoms with Crippen molar-refractivity contribution in [2.45, 2.75) is 51.4 Å². The zero-order chi connectivity index (χ0) is 18.4. The standard InChI is InChI=1S/C20H28N2O2Si/c1-20(2,3)25(4,5)24-15-10-9-14-7-6-8-18(16(14)13-15)22-12-11-17(21)19(22)23/h6-10,13,17H,11-12,21H2,1-5H3. The SMILES string of the molecule is CC(C)(C)[Si](C)(C)Oc1ccc2cccc(N3CCC(N)C3=O)c2c1. The van der Waals surface area contributed by atoms with Crippen LogP contribution in [0.4, 0.5) is 5.69 Å². The summed E-state index contributed by atoms with van der Waals surface area (Å²) in [6.45, 7) is 11.9. The fraction of sp³-hybridized carbons (Fsp3) is 0.450. The third-order valence-corrected chi connectivity index (χ3v) is 9.91. The van der Waals surface area contributed by atoms with Gasteiger partial charge in [0.1, 0.15) is 5.75 Å². The molecular formula is C20H28N2O2Si. The van der Waals surface area contributed by atoms with Crippen molar-refractivity contribution in [3.05, 3.63) is 36.4 Å². The number of hydrogen-bond acceptors (Lipinski definition) is 3. The van der Waals surface area contributed by atoms with Crippen LogP contribution in [0.2, 0.25) is 18.1 Å². The van der Waals surface area contributed by atoms with Gasteiger partial charge in [0.2, 0.25) is 14.2 Å². The van der Waals surface area contributed by atoms with Gasteiger partial charge >= 0.3 is 0 Å². The smallest absolute Gasteiger partial charge is 0.250 e. The summed E-state index contributed by atoms with van der Waals surface area (Å²) in [5.74, 6) is 0.880. The Hall–Kier alpha value is -1.85. The number of hydrogen-bond donors (Lipinski definition) is 1. The summed E-state index contributed by atoms with van der Waals surface area (Å²) < 4.78 is 6.45. The molecule has 3 rings (SSSR count). The van der Waals surface area contributed by atoms with E-state index in [1.807, 2.05) is 23.1 Å². The van der Waals surface area contributed by atoms with Crippen molar-refractivity contribution in [2.24, 2.45) is 5.73 Å². The number of anilines is 1. The van der Waals surface area contributed by atoms with Crippen LogP contribution in [0.1, 0.15) is 27.2 Å². The average Bonchev–Trinajstić information content (AvgIpc) is 2.85. The maximum Gasteiger partial charge on any atom is 0.250 e. The Labute approximate surface area is 151 Å². The number of carbonyl (C=O) groups is 1. The van der Waals surface area contributed by atoms with E-state index in [0.29, 0.717) is 13.0 Å². The monoisotopic (exact) mass is 356 g/mol. The van der Waals surface area contributed by atoms with Crippen LogP contribution in [0, 0.1) is 0 Å². The number of nitrogens with zero attached hydrogens (tertiary/aromatic N) is 1. The molecule has 1 aliphatic heterocycles. The number of fused-ring (bicyclic) bond motifs is 1. The van der Waals surface area contributed by atoms with Gasteiger partial charge in [0, 0.05) is 11.9 Å². The van der Waals surface area contributed by atoms with Gasteiger partial charge in [-0.25, -0.2) is 0 Å². The molecule has 25 heavy (non-hydrogen) atoms. The van der Waals surface area contributed by atoms with Crippen LogP contribution in [0.5, 0.6) is 5.75 Å². The van der Waals surface area contributed by atoms with Gasteiger partial charge in [-0.15, -0.1) is 0 Å². The minimum Gasteiger partial charge on any atom is -0.543 e. The van der Waals surface area contributed by atoms with Crippen molar-refractivity contribution in [1.82, 2.24) is 0 Å². The van der Waals surface area contributed by atoms with E-state index in [9.17, 15) is 4.79 Å². The van der Waals surface area contributed by atoms with E-state index in [-0.39, 0.29) is 17.0 Å². The summed E-state index contributed by atoms with van der Waals surface area (Å²) in [4.78, 5) is 14.2. The van der Waals surface area contributed by atoms with E-state index in [4.69, 9.17) is 10.2 Å². The Kier molecular flexibility index (Phi) is 4.41. The molecule has 1 aliphatic rings. The normalized spacial score (nSPS) is 18.9. The van der Waals surface area contributed by atoms with Gasteiger partial charge in [-0.05, 0) is 48.1 Å². The summed E-state index contributed by atoms with van der Waals surface area (Å²) in [7, 11) is -1.91. The molecule has 2 aromatic rings. The van der Waals surface area contributed by atoms with Crippen molar-refractivity contribution < 1.29 is 9.22 Å². The third kappa shape index (κ3) is 3.31. The fourth-order valence-corrected chi connectivity index (χ4v) is 3.95. The molecule has 2 aromatic carbocycles. The molecule has 0 bridgehead atoms. The summed E-state index contributed by atoms with van der Waals surface area (Å²) in [6, 6.07) is 11.8. The van der Waals surface area contributed by atoms with Crippen LogP contribution >= 0.6 is 0 Å². The zero-order valence-corrected chi connectivity index (χ0v) is 16.8. The van der Waals surface area contributed by atoms with E-state index >= 15 is 0 Å². The molecule has 0 saturated carbocycles. The fourth-order valence-electron chi connectivity index (χ4n) is 2.92. The Morgan fingerprint density at radius 1 is 1.20 bits per heavy atom. The minimum absolute atomic E-state index is 0.00298. The van der Waals surface area contributed by atoms with E-state index in [1.165, 1.54) is 0 Å². The summed E-state index contributed by atoms with van der Waals surface area (Å²) in [5, 5.41) is 2.29. The number of amides is 1. The Balaban J connectivity index is 2.02. The molecule has 0 aliphatic carbocycles. The van der Waals surface area contributed by atoms with Crippen molar-refractivity contribution in [1.29, 1.82) is 0 Å². The molecule has 134 valence electrons. The summed E-state index contributed by atoms with van der Waals surface area (Å²) >= 11 is 0. The summed E-state index contributed by atoms with van der Waals surface area (Å²) in [5.41, 5.74) is 6.83. The van der Waals surface area contributed by atoms with Crippen molar-refractivity contribution >= 4 is 30.7 Å². The molecule has 1 fully saturated rings. The molecule has 0 radical (unpaired) electrons. The highest BCUT2D eigenvalue weighted by molar-refractivity contribution is 6.74. The first-order chi connectivity index (χ1) is 11.6. The van der Waals surface area contributed by atoms with Gasteiger partial charge in [-0.1, -0.05) is 39.0 Å². The lowest BCUT2D eigenvalue weighted by Crippen LogP contribution is -2.43. The van der Waals surface area contributed by atoms with Crippen LogP contribution < -0.4 is 15.1 Å². The Morgan fingerprint density at radius 3 is 2.52 bits per heavy atom. The lowest BCUT2D eigenvalue weighted by Gasteiger charge is -2.36. The van der Waals surface area contributed by atoms with Gasteiger partial charge in [0.25, 0.3) is 0 Å². The first-order valence-corrected chi connectivity index (χ1v) is 11.8. The maximum absolute atomic E-state index is 12.4. The minimum atomic E-state index is -1.91. The number of carbonyl (C=O) groups excluding carboxylic acids is 1. The first-order valence-electron chi connectivity index (χ1n) is 8.89. The van der Waals surface area contributed by atoms with Crippen LogP contribution in [-0.4, -0.2) is 26.8 Å². The highest BCUT2D eigenvalue weighted by atomic mass is 28.4. The predicted octanol–water partition coefficient (Wildman–Crippen LogP) is 4.29. The number of rotatable bonds is 3. The molecule has 5 heteroatoms. The van der Waals surface area contributed by atoms with Gasteiger partial charge < -0.3 is 15.1 Å². The van der Waals surface area contributed by atoms with E-state index in [0.717, 1.165) is 22.2 Å². The predicted molar refractivity (Wildman–Crippen MR) is 107 cm³/mol. The second kappa shape index (κ2) is 6.14. The molecular weight excluding hydrogens is 328 g/mol. The van der Waals surface area contributed by atoms with Crippen molar-refractivity contribution in [2.75, 3.05) is 11.4 Å². The van der Waals surface area contributed by atoms with E-state index in [2.05, 4.69) is 52.1 Å². The van der Waals surface area contributed by atoms with Crippen LogP contribution in [0.15, 0.2) is 36.4 Å². The highest BCUT2D eigenvalue weighted by Crippen LogP contribution is 2.39. The Bertz CT molecular complexity index is 811. The largest absolute Gasteiger partial charge is 0.543 e. The second-order valence-electron chi connectivity index (χ2n) is 8.41. The maximum atomic E-state index is 12.4. The molecule has 2 N–H and O–H groups in total. The molecule has 4 nitrogen and oxygen atoms in total. The van der Waals surface area contributed by atoms with Gasteiger partial charge in [0.15, 0.2) is 0 Å². The van der Waals surface area contributed by atoms with Crippen LogP contribution in [0.25, 0.3) is 10.8 Å². The van der Waals surface area contributed by atoms with E-state index in [1.54, 1.807) is 0 Å². The van der Waals surface area contributed by atoms with Crippen LogP contribution in [-0.2, 0) is 4.79 Å². The average molecular weight is 357 g/mol. The van der Waals surface area contributed by atoms with Gasteiger partial charge in [-0.3, -0.25) is 4.79 Å². The molecule has 1 heterocycles. The lowest BCUT2D eigenvalue weighted by atomic mass is 10.1. The summed E-state index contributed by atoms with van der Waals surface area (Å²) in [6.07, 6.45) is 0.704. The quantitative estimate of drug-likeness (QED) is 0.835. The van der Waals surface area contributed by atoms with Crippen molar-refractivity contribution in [3.63, 3.8) is 0 Å². The third-order valence-electron chi connectivity index (χ3n) is 5.55. The zero-order valence-electron chi connectivity index (χ0n) is 15.8. The second-order valence-corrected chi connectivity index (χ2v) is 13.1. The van der Waals surface area contributed by atoms with Gasteiger partial charge in [0.05, 0.1) is 11.7 Å². The Morgan fingerprint density at radius 2 is 1.92 bits per heavy atom. The van der Waals surface area contributed by atoms with Crippen molar-refractivity contribution in [3.8, 4) is 5.75 Å². The van der Waals surface area contributed by atoms with E-state index < -0.39 is 8.32 Å². The molecule has 1 amide bonds. The van der Waals surface area contributed by atoms with Gasteiger partial charge in [-0.2, -0.15) is 0 Å². The number of nitrogens with two attached hydrogens (primary N) is 1. The molecule has 0 aromatic heterocycles. The molecule has 0 spiro atoms. The number of benzene rings is 2.